The number of ether oxygens (including phenoxy) is 2. The number of carbonyl (C=O) groups is 5. The fourth-order valence-electron chi connectivity index (χ4n) is 5.51. The summed E-state index contributed by atoms with van der Waals surface area (Å²) in [4.78, 5) is 71.4. The van der Waals surface area contributed by atoms with Gasteiger partial charge in [0, 0.05) is 41.9 Å². The topological polar surface area (TPSA) is 191 Å². The molecule has 0 bridgehead atoms. The van der Waals surface area contributed by atoms with Crippen molar-refractivity contribution in [3.63, 3.8) is 0 Å². The van der Waals surface area contributed by atoms with E-state index >= 15 is 0 Å². The third kappa shape index (κ3) is 14.8. The molecule has 306 valence electrons. The van der Waals surface area contributed by atoms with Crippen LogP contribution in [0.4, 0.5) is 15.3 Å². The number of nitrogens with zero attached hydrogens (tertiary/aromatic N) is 3. The quantitative estimate of drug-likeness (QED) is 0.0930. The lowest BCUT2D eigenvalue weighted by molar-refractivity contribution is -0.132. The molecule has 0 unspecified atom stereocenters. The maximum Gasteiger partial charge on any atom is 0.407 e. The van der Waals surface area contributed by atoms with Crippen LogP contribution in [0.3, 0.4) is 0 Å². The first-order valence-corrected chi connectivity index (χ1v) is 19.2. The molecule has 2 aromatic carbocycles. The molecule has 3 heterocycles. The number of anilines is 1. The number of H-pyrrole nitrogens is 2. The number of aromatic nitrogens is 3. The Morgan fingerprint density at radius 2 is 1.41 bits per heavy atom. The number of alkyl carbamates (subject to hydrolysis) is 2. The number of aromatic amines is 2. The molecule has 4 aromatic rings. The van der Waals surface area contributed by atoms with Crippen molar-refractivity contribution in [2.75, 3.05) is 52.3 Å². The number of fused-ring (bicyclic) bond motifs is 1. The van der Waals surface area contributed by atoms with E-state index < -0.39 is 12.2 Å². The van der Waals surface area contributed by atoms with Crippen molar-refractivity contribution in [1.29, 1.82) is 0 Å². The van der Waals surface area contributed by atoms with Crippen molar-refractivity contribution in [1.82, 2.24) is 35.4 Å². The number of rotatable bonds is 12. The molecule has 1 atom stereocenters. The van der Waals surface area contributed by atoms with Gasteiger partial charge in [0.25, 0.3) is 0 Å². The third-order valence-corrected chi connectivity index (χ3v) is 8.19. The molecule has 5 rings (SSSR count). The molecule has 0 radical (unpaired) electrons. The zero-order valence-electron chi connectivity index (χ0n) is 34.1. The van der Waals surface area contributed by atoms with E-state index in [1.165, 1.54) is 27.1 Å². The summed E-state index contributed by atoms with van der Waals surface area (Å²) in [5, 5.41) is 8.47. The van der Waals surface area contributed by atoms with Gasteiger partial charge in [0.05, 0.1) is 32.2 Å². The number of methoxy groups -OCH3 is 2. The van der Waals surface area contributed by atoms with Gasteiger partial charge in [0.2, 0.25) is 18.2 Å². The molecule has 1 aliphatic heterocycles. The molecule has 5 N–H and O–H groups in total. The van der Waals surface area contributed by atoms with Crippen LogP contribution in [-0.2, 0) is 23.9 Å². The summed E-state index contributed by atoms with van der Waals surface area (Å²) >= 11 is 0. The highest BCUT2D eigenvalue weighted by Gasteiger charge is 2.24. The predicted molar refractivity (Wildman–Crippen MR) is 220 cm³/mol. The second-order valence-corrected chi connectivity index (χ2v) is 13.0. The van der Waals surface area contributed by atoms with E-state index in [9.17, 15) is 24.0 Å². The smallest absolute Gasteiger partial charge is 0.407 e. The summed E-state index contributed by atoms with van der Waals surface area (Å²) < 4.78 is 8.89. The minimum Gasteiger partial charge on any atom is -0.453 e. The minimum absolute atomic E-state index is 0.0344. The Hall–Kier alpha value is -5.86. The summed E-state index contributed by atoms with van der Waals surface area (Å²) in [6.07, 6.45) is 6.60. The van der Waals surface area contributed by atoms with Crippen molar-refractivity contribution in [2.24, 2.45) is 0 Å². The lowest BCUT2D eigenvalue weighted by Gasteiger charge is -2.27. The van der Waals surface area contributed by atoms with E-state index in [4.69, 9.17) is 0 Å². The van der Waals surface area contributed by atoms with Crippen LogP contribution < -0.4 is 16.0 Å². The largest absolute Gasteiger partial charge is 0.453 e. The molecule has 1 aliphatic rings. The number of hydrogen-bond donors (Lipinski definition) is 5. The number of likely N-dealkylation sites (tertiary alicyclic amines) is 1. The fourth-order valence-corrected chi connectivity index (χ4v) is 5.51. The molecule has 1 fully saturated rings. The minimum atomic E-state index is -0.645. The van der Waals surface area contributed by atoms with Gasteiger partial charge in [0.1, 0.15) is 18.9 Å². The van der Waals surface area contributed by atoms with E-state index in [0.717, 1.165) is 71.5 Å². The highest BCUT2D eigenvalue weighted by molar-refractivity contribution is 5.90. The van der Waals surface area contributed by atoms with Crippen LogP contribution >= 0.6 is 0 Å². The first-order chi connectivity index (χ1) is 27.0. The van der Waals surface area contributed by atoms with Crippen molar-refractivity contribution in [2.45, 2.75) is 79.7 Å². The lowest BCUT2D eigenvalue weighted by Crippen LogP contribution is -2.42. The van der Waals surface area contributed by atoms with Crippen molar-refractivity contribution in [3.8, 4) is 22.5 Å². The van der Waals surface area contributed by atoms with Crippen LogP contribution in [0.25, 0.3) is 33.4 Å². The molecule has 56 heavy (non-hydrogen) atoms. The van der Waals surface area contributed by atoms with Gasteiger partial charge < -0.3 is 45.2 Å². The van der Waals surface area contributed by atoms with Crippen LogP contribution in [-0.4, -0.2) is 102 Å². The van der Waals surface area contributed by atoms with E-state index in [0.29, 0.717) is 18.8 Å². The Balaban J connectivity index is 0.000000472. The van der Waals surface area contributed by atoms with E-state index in [-0.39, 0.29) is 30.9 Å². The van der Waals surface area contributed by atoms with Crippen molar-refractivity contribution < 1.29 is 33.4 Å². The molecule has 15 heteroatoms. The van der Waals surface area contributed by atoms with Crippen LogP contribution in [0.5, 0.6) is 0 Å². The highest BCUT2D eigenvalue weighted by Crippen LogP contribution is 2.29. The third-order valence-electron chi connectivity index (χ3n) is 8.19. The van der Waals surface area contributed by atoms with E-state index in [1.807, 2.05) is 62.4 Å². The number of imidazole rings is 1. The average Bonchev–Trinajstić information content (AvgIpc) is 4.01. The standard InChI is InChI=1S/C27H30N6O4.C8H14N2O3.2C3H8/c1-4-11-33(25(35)15-29-27(36)37-3)17(2)26-28-14-24(32-26)19-7-5-18(6-8-19)23-13-20-12-21(30-16-34)9-10-22(20)31-23;1-13-8(12)9-6-7(11)10-4-2-3-5-10;2*1-3-2/h5-10,12-14,16-17,31H,4,11,15H2,1-3H3,(H,28,32)(H,29,36)(H,30,34);2-6H2,1H3,(H,9,12);2*3H2,1-2H3/t17-;;;/m1.../s1. The summed E-state index contributed by atoms with van der Waals surface area (Å²) in [7, 11) is 2.53. The molecule has 2 aromatic heterocycles. The Morgan fingerprint density at radius 3 is 1.96 bits per heavy atom. The number of amides is 5. The molecule has 1 saturated heterocycles. The zero-order valence-corrected chi connectivity index (χ0v) is 34.1. The predicted octanol–water partition coefficient (Wildman–Crippen LogP) is 7.25. The van der Waals surface area contributed by atoms with E-state index in [1.54, 1.807) is 16.0 Å². The second-order valence-electron chi connectivity index (χ2n) is 13.0. The average molecular weight is 777 g/mol. The number of benzene rings is 2. The fraction of sp³-hybridized carbons (Fsp3) is 0.463. The van der Waals surface area contributed by atoms with Gasteiger partial charge in [-0.2, -0.15) is 0 Å². The van der Waals surface area contributed by atoms with Gasteiger partial charge in [-0.15, -0.1) is 0 Å². The van der Waals surface area contributed by atoms with Crippen LogP contribution in [0.15, 0.2) is 54.7 Å². The van der Waals surface area contributed by atoms with Crippen LogP contribution in [0.2, 0.25) is 0 Å². The van der Waals surface area contributed by atoms with Crippen molar-refractivity contribution in [3.05, 3.63) is 60.6 Å². The van der Waals surface area contributed by atoms with Gasteiger partial charge in [-0.25, -0.2) is 14.6 Å². The Kier molecular flexibility index (Phi) is 20.9. The van der Waals surface area contributed by atoms with Gasteiger partial charge in [-0.1, -0.05) is 71.7 Å². The Morgan fingerprint density at radius 1 is 0.839 bits per heavy atom. The van der Waals surface area contributed by atoms with Gasteiger partial charge >= 0.3 is 12.2 Å². The Labute approximate surface area is 330 Å². The summed E-state index contributed by atoms with van der Waals surface area (Å²) in [6, 6.07) is 15.5. The van der Waals surface area contributed by atoms with Crippen LogP contribution in [0, 0.1) is 0 Å². The molecule has 0 saturated carbocycles. The second kappa shape index (κ2) is 25.3. The SMILES string of the molecule is CCC.CCC.CCCN(C(=O)CNC(=O)OC)[C@H](C)c1ncc(-c2ccc(-c3cc4cc(NC=O)ccc4[nH]3)cc2)[nH]1.COC(=O)NCC(=O)N1CCCC1. The normalized spacial score (nSPS) is 12.0. The monoisotopic (exact) mass is 776 g/mol. The molecular weight excluding hydrogens is 716 g/mol. The number of carbonyl (C=O) groups excluding carboxylic acids is 5. The maximum atomic E-state index is 12.7. The number of hydrogen-bond acceptors (Lipinski definition) is 8. The highest BCUT2D eigenvalue weighted by atomic mass is 16.5. The van der Waals surface area contributed by atoms with Gasteiger partial charge in [0.15, 0.2) is 0 Å². The first-order valence-electron chi connectivity index (χ1n) is 19.2. The molecule has 0 spiro atoms. The molecule has 15 nitrogen and oxygen atoms in total. The zero-order chi connectivity index (χ0) is 41.5. The molecular formula is C41H60N8O7. The van der Waals surface area contributed by atoms with Gasteiger partial charge in [-0.05, 0) is 61.6 Å². The first kappa shape index (κ1) is 46.3. The van der Waals surface area contributed by atoms with Crippen LogP contribution in [0.1, 0.15) is 85.5 Å². The molecule has 0 aliphatic carbocycles. The maximum absolute atomic E-state index is 12.7. The van der Waals surface area contributed by atoms with Gasteiger partial charge in [-0.3, -0.25) is 14.4 Å². The van der Waals surface area contributed by atoms with E-state index in [2.05, 4.69) is 68.1 Å². The Bertz CT molecular complexity index is 1800. The summed E-state index contributed by atoms with van der Waals surface area (Å²) in [6.45, 7) is 14.4. The van der Waals surface area contributed by atoms with Crippen molar-refractivity contribution >= 4 is 47.0 Å². The lowest BCUT2D eigenvalue weighted by atomic mass is 10.1. The molecule has 5 amide bonds. The summed E-state index contributed by atoms with van der Waals surface area (Å²) in [5.41, 5.74) is 5.52. The summed E-state index contributed by atoms with van der Waals surface area (Å²) in [5.74, 6) is 0.409. The number of nitrogens with one attached hydrogen (secondary N) is 5.